The Morgan fingerprint density at radius 3 is 2.50 bits per heavy atom. The minimum Gasteiger partial charge on any atom is -0.358 e. The second-order valence-electron chi connectivity index (χ2n) is 6.45. The van der Waals surface area contributed by atoms with Gasteiger partial charge in [0, 0.05) is 17.7 Å². The Hall–Kier alpha value is -2.51. The number of amides is 1. The molecule has 0 unspecified atom stereocenters. The molecule has 0 saturated heterocycles. The first kappa shape index (κ1) is 20.8. The number of aromatic nitrogens is 1. The average Bonchev–Trinajstić information content (AvgIpc) is 3.19. The van der Waals surface area contributed by atoms with E-state index in [9.17, 15) is 4.79 Å². The molecule has 0 bridgehead atoms. The number of nitrogens with one attached hydrogen (secondary N) is 2. The van der Waals surface area contributed by atoms with Crippen LogP contribution in [0.25, 0.3) is 20.8 Å². The van der Waals surface area contributed by atoms with Crippen LogP contribution in [-0.4, -0.2) is 16.0 Å². The van der Waals surface area contributed by atoms with Gasteiger partial charge in [-0.3, -0.25) is 10.1 Å². The molecule has 4 nitrogen and oxygen atoms in total. The van der Waals surface area contributed by atoms with Crippen LogP contribution in [0.5, 0.6) is 0 Å². The molecule has 4 aromatic rings. The van der Waals surface area contributed by atoms with Gasteiger partial charge >= 0.3 is 0 Å². The number of hydrogen-bond donors (Lipinski definition) is 2. The SMILES string of the molecule is O=C(NC(=S)NCc1ccc(-c2nc3ccccc3s2)cc1)c1ccc(Cl)c(Cl)c1. The fourth-order valence-corrected chi connectivity index (χ4v) is 4.23. The third kappa shape index (κ3) is 4.79. The van der Waals surface area contributed by atoms with Crippen LogP contribution in [-0.2, 0) is 6.54 Å². The van der Waals surface area contributed by atoms with Crippen LogP contribution in [0.3, 0.4) is 0 Å². The van der Waals surface area contributed by atoms with Gasteiger partial charge in [0.2, 0.25) is 0 Å². The molecule has 0 aliphatic carbocycles. The summed E-state index contributed by atoms with van der Waals surface area (Å²) in [4.78, 5) is 16.9. The van der Waals surface area contributed by atoms with Gasteiger partial charge in [-0.2, -0.15) is 0 Å². The Labute approximate surface area is 192 Å². The molecule has 1 aromatic heterocycles. The Kier molecular flexibility index (Phi) is 6.29. The maximum Gasteiger partial charge on any atom is 0.257 e. The summed E-state index contributed by atoms with van der Waals surface area (Å²) in [6.45, 7) is 0.487. The number of para-hydroxylation sites is 1. The molecule has 150 valence electrons. The topological polar surface area (TPSA) is 54.0 Å². The number of carbonyl (C=O) groups excluding carboxylic acids is 1. The van der Waals surface area contributed by atoms with E-state index in [4.69, 9.17) is 35.4 Å². The van der Waals surface area contributed by atoms with E-state index in [-0.39, 0.29) is 11.0 Å². The lowest BCUT2D eigenvalue weighted by atomic mass is 10.1. The summed E-state index contributed by atoms with van der Waals surface area (Å²) in [5.74, 6) is -0.350. The first-order chi connectivity index (χ1) is 14.5. The first-order valence-corrected chi connectivity index (χ1v) is 11.0. The van der Waals surface area contributed by atoms with Crippen LogP contribution in [0.4, 0.5) is 0 Å². The van der Waals surface area contributed by atoms with Crippen LogP contribution >= 0.6 is 46.8 Å². The van der Waals surface area contributed by atoms with E-state index in [1.54, 1.807) is 23.5 Å². The van der Waals surface area contributed by atoms with E-state index in [1.807, 2.05) is 42.5 Å². The van der Waals surface area contributed by atoms with Gasteiger partial charge < -0.3 is 5.32 Å². The zero-order valence-electron chi connectivity index (χ0n) is 15.5. The van der Waals surface area contributed by atoms with Gasteiger partial charge in [-0.25, -0.2) is 4.98 Å². The van der Waals surface area contributed by atoms with Crippen LogP contribution in [0.2, 0.25) is 10.0 Å². The van der Waals surface area contributed by atoms with Crippen LogP contribution in [0.1, 0.15) is 15.9 Å². The average molecular weight is 472 g/mol. The van der Waals surface area contributed by atoms with Crippen molar-refractivity contribution in [2.45, 2.75) is 6.54 Å². The lowest BCUT2D eigenvalue weighted by Crippen LogP contribution is -2.38. The molecule has 2 N–H and O–H groups in total. The van der Waals surface area contributed by atoms with Crippen molar-refractivity contribution in [3.8, 4) is 10.6 Å². The Morgan fingerprint density at radius 2 is 1.77 bits per heavy atom. The summed E-state index contributed by atoms with van der Waals surface area (Å²) >= 11 is 18.7. The lowest BCUT2D eigenvalue weighted by Gasteiger charge is -2.10. The summed E-state index contributed by atoms with van der Waals surface area (Å²) in [6, 6.07) is 20.8. The number of halogens is 2. The molecular weight excluding hydrogens is 457 g/mol. The van der Waals surface area contributed by atoms with Gasteiger partial charge in [-0.15, -0.1) is 11.3 Å². The minimum absolute atomic E-state index is 0.237. The molecule has 0 aliphatic heterocycles. The van der Waals surface area contributed by atoms with E-state index < -0.39 is 0 Å². The van der Waals surface area contributed by atoms with Crippen molar-refractivity contribution in [3.63, 3.8) is 0 Å². The zero-order chi connectivity index (χ0) is 21.1. The smallest absolute Gasteiger partial charge is 0.257 e. The van der Waals surface area contributed by atoms with Crippen molar-refractivity contribution in [3.05, 3.63) is 87.9 Å². The van der Waals surface area contributed by atoms with Gasteiger partial charge in [0.1, 0.15) is 5.01 Å². The normalized spacial score (nSPS) is 10.7. The highest BCUT2D eigenvalue weighted by molar-refractivity contribution is 7.80. The minimum atomic E-state index is -0.350. The third-order valence-electron chi connectivity index (χ3n) is 4.36. The second kappa shape index (κ2) is 9.10. The summed E-state index contributed by atoms with van der Waals surface area (Å²) in [7, 11) is 0. The predicted octanol–water partition coefficient (Wildman–Crippen LogP) is 6.07. The highest BCUT2D eigenvalue weighted by atomic mass is 35.5. The van der Waals surface area contributed by atoms with Crippen molar-refractivity contribution in [1.82, 2.24) is 15.6 Å². The Balaban J connectivity index is 1.35. The summed E-state index contributed by atoms with van der Waals surface area (Å²) < 4.78 is 1.17. The van der Waals surface area contributed by atoms with Gasteiger partial charge in [0.05, 0.1) is 20.3 Å². The summed E-state index contributed by atoms with van der Waals surface area (Å²) in [6.07, 6.45) is 0. The maximum atomic E-state index is 12.3. The van der Waals surface area contributed by atoms with Crippen LogP contribution < -0.4 is 10.6 Å². The van der Waals surface area contributed by atoms with Crippen LogP contribution in [0, 0.1) is 0 Å². The monoisotopic (exact) mass is 471 g/mol. The van der Waals surface area contributed by atoms with Crippen molar-refractivity contribution in [1.29, 1.82) is 0 Å². The number of thiocarbonyl (C=S) groups is 1. The number of fused-ring (bicyclic) bond motifs is 1. The molecule has 1 amide bonds. The van der Waals surface area contributed by atoms with Crippen molar-refractivity contribution in [2.24, 2.45) is 0 Å². The summed E-state index contributed by atoms with van der Waals surface area (Å²) in [5.41, 5.74) is 3.49. The van der Waals surface area contributed by atoms with E-state index >= 15 is 0 Å². The molecule has 0 saturated carbocycles. The molecule has 0 spiro atoms. The summed E-state index contributed by atoms with van der Waals surface area (Å²) in [5, 5.41) is 7.60. The quantitative estimate of drug-likeness (QED) is 0.354. The van der Waals surface area contributed by atoms with E-state index in [0.29, 0.717) is 22.2 Å². The Bertz CT molecular complexity index is 1210. The van der Waals surface area contributed by atoms with Crippen molar-refractivity contribution < 1.29 is 4.79 Å². The molecule has 0 radical (unpaired) electrons. The molecular formula is C22H15Cl2N3OS2. The Morgan fingerprint density at radius 1 is 1.00 bits per heavy atom. The van der Waals surface area contributed by atoms with Gasteiger partial charge in [0.15, 0.2) is 5.11 Å². The zero-order valence-corrected chi connectivity index (χ0v) is 18.6. The van der Waals surface area contributed by atoms with Gasteiger partial charge in [-0.05, 0) is 48.1 Å². The second-order valence-corrected chi connectivity index (χ2v) is 8.70. The third-order valence-corrected chi connectivity index (χ3v) is 6.43. The van der Waals surface area contributed by atoms with E-state index in [2.05, 4.69) is 21.7 Å². The van der Waals surface area contributed by atoms with Crippen molar-refractivity contribution >= 4 is 68.0 Å². The maximum absolute atomic E-state index is 12.3. The van der Waals surface area contributed by atoms with Crippen molar-refractivity contribution in [2.75, 3.05) is 0 Å². The lowest BCUT2D eigenvalue weighted by molar-refractivity contribution is 0.0976. The van der Waals surface area contributed by atoms with Gasteiger partial charge in [0.25, 0.3) is 5.91 Å². The molecule has 0 fully saturated rings. The highest BCUT2D eigenvalue weighted by Crippen LogP contribution is 2.30. The van der Waals surface area contributed by atoms with E-state index in [0.717, 1.165) is 21.7 Å². The number of hydrogen-bond acceptors (Lipinski definition) is 4. The number of benzene rings is 3. The van der Waals surface area contributed by atoms with E-state index in [1.165, 1.54) is 10.8 Å². The largest absolute Gasteiger partial charge is 0.358 e. The molecule has 4 rings (SSSR count). The first-order valence-electron chi connectivity index (χ1n) is 8.99. The molecule has 1 heterocycles. The predicted molar refractivity (Wildman–Crippen MR) is 128 cm³/mol. The molecule has 3 aromatic carbocycles. The number of carbonyl (C=O) groups is 1. The van der Waals surface area contributed by atoms with Gasteiger partial charge in [-0.1, -0.05) is 59.6 Å². The number of nitrogens with zero attached hydrogens (tertiary/aromatic N) is 1. The molecule has 8 heteroatoms. The number of thiazole rings is 1. The fourth-order valence-electron chi connectivity index (χ4n) is 2.80. The molecule has 0 atom stereocenters. The molecule has 30 heavy (non-hydrogen) atoms. The fraction of sp³-hybridized carbons (Fsp3) is 0.0455. The standard InChI is InChI=1S/C22H15Cl2N3OS2/c23-16-10-9-15(11-17(16)24)20(28)27-22(29)25-12-13-5-7-14(8-6-13)21-26-18-3-1-2-4-19(18)30-21/h1-11H,12H2,(H2,25,27,28,29). The number of rotatable bonds is 4. The highest BCUT2D eigenvalue weighted by Gasteiger charge is 2.10. The van der Waals surface area contributed by atoms with Crippen LogP contribution in [0.15, 0.2) is 66.7 Å². The molecule has 0 aliphatic rings.